The topological polar surface area (TPSA) is 77.8 Å². The lowest BCUT2D eigenvalue weighted by Gasteiger charge is -2.11. The molecule has 0 aliphatic rings. The summed E-state index contributed by atoms with van der Waals surface area (Å²) in [5.41, 5.74) is 0.407. The minimum Gasteiger partial charge on any atom is -0.504 e. The third-order valence-electron chi connectivity index (χ3n) is 2.14. The van der Waals surface area contributed by atoms with E-state index in [-0.39, 0.29) is 17.9 Å². The van der Waals surface area contributed by atoms with Crippen molar-refractivity contribution in [3.8, 4) is 11.5 Å². The van der Waals surface area contributed by atoms with E-state index in [1.165, 1.54) is 13.0 Å². The average molecular weight is 275 g/mol. The fourth-order valence-corrected chi connectivity index (χ4v) is 1.67. The van der Waals surface area contributed by atoms with E-state index < -0.39 is 11.9 Å². The van der Waals surface area contributed by atoms with E-state index in [0.29, 0.717) is 10.0 Å². The average Bonchev–Trinajstić information content (AvgIpc) is 2.18. The fraction of sp³-hybridized carbons (Fsp3) is 0.300. The third-order valence-corrected chi connectivity index (χ3v) is 2.88. The SMILES string of the molecule is CC(Cc1c(Br)ccc(O)c1O)C(=O)O. The molecule has 0 saturated heterocycles. The highest BCUT2D eigenvalue weighted by atomic mass is 79.9. The Balaban J connectivity index is 3.03. The maximum Gasteiger partial charge on any atom is 0.306 e. The number of hydrogen-bond donors (Lipinski definition) is 3. The highest BCUT2D eigenvalue weighted by Gasteiger charge is 2.17. The van der Waals surface area contributed by atoms with Crippen LogP contribution in [0, 0.1) is 5.92 Å². The van der Waals surface area contributed by atoms with E-state index in [0.717, 1.165) is 0 Å². The molecular formula is C10H11BrO4. The second kappa shape index (κ2) is 4.53. The number of rotatable bonds is 3. The van der Waals surface area contributed by atoms with Crippen LogP contribution in [0.5, 0.6) is 11.5 Å². The van der Waals surface area contributed by atoms with Gasteiger partial charge in [-0.05, 0) is 18.6 Å². The second-order valence-electron chi connectivity index (χ2n) is 3.34. The Labute approximate surface area is 95.3 Å². The zero-order valence-corrected chi connectivity index (χ0v) is 9.65. The van der Waals surface area contributed by atoms with Gasteiger partial charge in [-0.15, -0.1) is 0 Å². The van der Waals surface area contributed by atoms with Gasteiger partial charge in [-0.25, -0.2) is 0 Å². The smallest absolute Gasteiger partial charge is 0.306 e. The van der Waals surface area contributed by atoms with E-state index in [1.54, 1.807) is 6.07 Å². The standard InChI is InChI=1S/C10H11BrO4/c1-5(10(14)15)4-6-7(11)2-3-8(12)9(6)13/h2-3,5,12-13H,4H2,1H3,(H,14,15). The quantitative estimate of drug-likeness (QED) is 0.738. The molecule has 0 amide bonds. The molecule has 1 rings (SSSR count). The van der Waals surface area contributed by atoms with Gasteiger partial charge in [0.15, 0.2) is 11.5 Å². The van der Waals surface area contributed by atoms with Gasteiger partial charge in [-0.1, -0.05) is 22.9 Å². The lowest BCUT2D eigenvalue weighted by molar-refractivity contribution is -0.141. The summed E-state index contributed by atoms with van der Waals surface area (Å²) in [6.07, 6.45) is 0.163. The number of carboxylic acid groups (broad SMARTS) is 1. The van der Waals surface area contributed by atoms with Crippen molar-refractivity contribution in [2.75, 3.05) is 0 Å². The summed E-state index contributed by atoms with van der Waals surface area (Å²) in [6, 6.07) is 2.91. The third kappa shape index (κ3) is 2.62. The van der Waals surface area contributed by atoms with Crippen LogP contribution in [0.25, 0.3) is 0 Å². The first-order valence-electron chi connectivity index (χ1n) is 4.35. The van der Waals surface area contributed by atoms with E-state index >= 15 is 0 Å². The van der Waals surface area contributed by atoms with Crippen molar-refractivity contribution in [1.29, 1.82) is 0 Å². The van der Waals surface area contributed by atoms with Crippen LogP contribution in [0.2, 0.25) is 0 Å². The largest absolute Gasteiger partial charge is 0.504 e. The number of halogens is 1. The van der Waals surface area contributed by atoms with Gasteiger partial charge in [0.25, 0.3) is 0 Å². The number of aliphatic carboxylic acids is 1. The monoisotopic (exact) mass is 274 g/mol. The minimum atomic E-state index is -0.940. The molecule has 3 N–H and O–H groups in total. The highest BCUT2D eigenvalue weighted by Crippen LogP contribution is 2.35. The van der Waals surface area contributed by atoms with Gasteiger partial charge in [0.2, 0.25) is 0 Å². The maximum atomic E-state index is 10.7. The highest BCUT2D eigenvalue weighted by molar-refractivity contribution is 9.10. The normalized spacial score (nSPS) is 12.4. The first kappa shape index (κ1) is 11.8. The molecule has 4 nitrogen and oxygen atoms in total. The zero-order chi connectivity index (χ0) is 11.6. The van der Waals surface area contributed by atoms with Crippen molar-refractivity contribution < 1.29 is 20.1 Å². The number of phenols is 2. The van der Waals surface area contributed by atoms with E-state index in [1.807, 2.05) is 0 Å². The van der Waals surface area contributed by atoms with Crippen LogP contribution in [0.1, 0.15) is 12.5 Å². The summed E-state index contributed by atoms with van der Waals surface area (Å²) in [5.74, 6) is -2.07. The molecule has 1 aromatic rings. The molecule has 82 valence electrons. The summed E-state index contributed by atoms with van der Waals surface area (Å²) in [7, 11) is 0. The summed E-state index contributed by atoms with van der Waals surface area (Å²) in [5, 5.41) is 27.5. The van der Waals surface area contributed by atoms with Crippen molar-refractivity contribution in [3.05, 3.63) is 22.2 Å². The summed E-state index contributed by atoms with van der Waals surface area (Å²) in [6.45, 7) is 1.54. The molecule has 1 unspecified atom stereocenters. The van der Waals surface area contributed by atoms with Gasteiger partial charge in [0.1, 0.15) is 0 Å². The predicted molar refractivity (Wildman–Crippen MR) is 58.0 cm³/mol. The number of carbonyl (C=O) groups is 1. The zero-order valence-electron chi connectivity index (χ0n) is 8.07. The minimum absolute atomic E-state index is 0.163. The van der Waals surface area contributed by atoms with Crippen LogP contribution >= 0.6 is 15.9 Å². The molecule has 0 saturated carbocycles. The van der Waals surface area contributed by atoms with Crippen LogP contribution in [-0.4, -0.2) is 21.3 Å². The van der Waals surface area contributed by atoms with Gasteiger partial charge < -0.3 is 15.3 Å². The predicted octanol–water partition coefficient (Wildman–Crippen LogP) is 2.12. The number of phenolic OH excluding ortho intramolecular Hbond substituents is 2. The molecule has 0 aliphatic heterocycles. The van der Waals surface area contributed by atoms with Crippen LogP contribution in [0.15, 0.2) is 16.6 Å². The molecule has 0 spiro atoms. The van der Waals surface area contributed by atoms with Gasteiger partial charge in [-0.2, -0.15) is 0 Å². The molecular weight excluding hydrogens is 264 g/mol. The molecule has 0 fully saturated rings. The lowest BCUT2D eigenvalue weighted by Crippen LogP contribution is -2.12. The van der Waals surface area contributed by atoms with E-state index in [4.69, 9.17) is 5.11 Å². The molecule has 0 aliphatic carbocycles. The van der Waals surface area contributed by atoms with Crippen LogP contribution in [-0.2, 0) is 11.2 Å². The molecule has 1 aromatic carbocycles. The van der Waals surface area contributed by atoms with Gasteiger partial charge in [0.05, 0.1) is 5.92 Å². The van der Waals surface area contributed by atoms with Crippen molar-refractivity contribution in [2.45, 2.75) is 13.3 Å². The summed E-state index contributed by atoms with van der Waals surface area (Å²) in [4.78, 5) is 10.7. The Bertz CT molecular complexity index is 389. The van der Waals surface area contributed by atoms with Gasteiger partial charge in [-0.3, -0.25) is 4.79 Å². The fourth-order valence-electron chi connectivity index (χ4n) is 1.19. The van der Waals surface area contributed by atoms with E-state index in [9.17, 15) is 15.0 Å². The molecule has 0 bridgehead atoms. The van der Waals surface area contributed by atoms with Crippen molar-refractivity contribution in [2.24, 2.45) is 5.92 Å². The summed E-state index contributed by atoms with van der Waals surface area (Å²) >= 11 is 3.19. The van der Waals surface area contributed by atoms with Crippen molar-refractivity contribution in [1.82, 2.24) is 0 Å². The number of benzene rings is 1. The Morgan fingerprint density at radius 1 is 1.47 bits per heavy atom. The number of aromatic hydroxyl groups is 2. The first-order valence-corrected chi connectivity index (χ1v) is 5.15. The molecule has 1 atom stereocenters. The van der Waals surface area contributed by atoms with Crippen LogP contribution < -0.4 is 0 Å². The van der Waals surface area contributed by atoms with Crippen molar-refractivity contribution in [3.63, 3.8) is 0 Å². The van der Waals surface area contributed by atoms with Crippen LogP contribution in [0.3, 0.4) is 0 Å². The molecule has 0 aromatic heterocycles. The molecule has 0 radical (unpaired) electrons. The van der Waals surface area contributed by atoms with Crippen LogP contribution in [0.4, 0.5) is 0 Å². The molecule has 5 heteroatoms. The Morgan fingerprint density at radius 2 is 2.07 bits per heavy atom. The van der Waals surface area contributed by atoms with E-state index in [2.05, 4.69) is 15.9 Å². The number of hydrogen-bond acceptors (Lipinski definition) is 3. The first-order chi connectivity index (χ1) is 6.93. The molecule has 15 heavy (non-hydrogen) atoms. The Hall–Kier alpha value is -1.23. The number of carboxylic acids is 1. The lowest BCUT2D eigenvalue weighted by atomic mass is 10.0. The van der Waals surface area contributed by atoms with Gasteiger partial charge in [0, 0.05) is 10.0 Å². The molecule has 0 heterocycles. The Kier molecular flexibility index (Phi) is 3.57. The Morgan fingerprint density at radius 3 is 2.60 bits per heavy atom. The summed E-state index contributed by atoms with van der Waals surface area (Å²) < 4.78 is 0.589. The van der Waals surface area contributed by atoms with Crippen molar-refractivity contribution >= 4 is 21.9 Å². The van der Waals surface area contributed by atoms with Gasteiger partial charge >= 0.3 is 5.97 Å². The second-order valence-corrected chi connectivity index (χ2v) is 4.19. The maximum absolute atomic E-state index is 10.7.